The van der Waals surface area contributed by atoms with E-state index >= 15 is 0 Å². The molecule has 7 nitrogen and oxygen atoms in total. The van der Waals surface area contributed by atoms with E-state index in [1.165, 1.54) is 0 Å². The number of carbonyl (C=O) groups is 1. The van der Waals surface area contributed by atoms with Crippen LogP contribution in [0.15, 0.2) is 29.3 Å². The molecule has 1 aromatic carbocycles. The Bertz CT molecular complexity index is 638. The number of amides is 1. The molecule has 0 spiro atoms. The molecule has 0 aliphatic heterocycles. The summed E-state index contributed by atoms with van der Waals surface area (Å²) in [6, 6.07) is 7.56. The molecule has 0 bridgehead atoms. The predicted octanol–water partition coefficient (Wildman–Crippen LogP) is 2.28. The van der Waals surface area contributed by atoms with Crippen LogP contribution in [0, 0.1) is 5.41 Å². The van der Waals surface area contributed by atoms with Crippen LogP contribution in [0.5, 0.6) is 11.5 Å². The third-order valence-corrected chi connectivity index (χ3v) is 5.18. The van der Waals surface area contributed by atoms with Gasteiger partial charge >= 0.3 is 0 Å². The maximum absolute atomic E-state index is 12.6. The molecule has 0 saturated heterocycles. The molecule has 1 amide bonds. The second-order valence-corrected chi connectivity index (χ2v) is 7.42. The van der Waals surface area contributed by atoms with Gasteiger partial charge in [-0.2, -0.15) is 0 Å². The highest BCUT2D eigenvalue weighted by Crippen LogP contribution is 2.38. The predicted molar refractivity (Wildman–Crippen MR) is 112 cm³/mol. The van der Waals surface area contributed by atoms with E-state index < -0.39 is 0 Å². The molecule has 1 aliphatic rings. The van der Waals surface area contributed by atoms with E-state index in [-0.39, 0.29) is 11.3 Å². The van der Waals surface area contributed by atoms with Gasteiger partial charge in [-0.05, 0) is 43.5 Å². The van der Waals surface area contributed by atoms with E-state index in [1.54, 1.807) is 19.1 Å². The quantitative estimate of drug-likeness (QED) is 0.384. The molecule has 156 valence electrons. The molecule has 0 atom stereocenters. The fourth-order valence-corrected chi connectivity index (χ4v) is 3.61. The van der Waals surface area contributed by atoms with Gasteiger partial charge in [0.1, 0.15) is 11.5 Å². The van der Waals surface area contributed by atoms with Gasteiger partial charge in [0.05, 0.1) is 19.1 Å². The summed E-state index contributed by atoms with van der Waals surface area (Å²) in [5.41, 5.74) is -0.307. The summed E-state index contributed by atoms with van der Waals surface area (Å²) < 4.78 is 10.9. The molecule has 0 heterocycles. The Morgan fingerprint density at radius 3 is 2.36 bits per heavy atom. The largest absolute Gasteiger partial charge is 0.497 e. The molecule has 2 rings (SSSR count). The molecule has 0 radical (unpaired) electrons. The van der Waals surface area contributed by atoms with E-state index in [0.717, 1.165) is 56.1 Å². The number of hydrogen-bond acceptors (Lipinski definition) is 4. The number of rotatable bonds is 9. The van der Waals surface area contributed by atoms with E-state index in [2.05, 4.69) is 15.6 Å². The zero-order chi connectivity index (χ0) is 20.4. The van der Waals surface area contributed by atoms with Gasteiger partial charge in [0.25, 0.3) is 0 Å². The number of guanidine groups is 1. The zero-order valence-corrected chi connectivity index (χ0v) is 17.6. The Labute approximate surface area is 168 Å². The van der Waals surface area contributed by atoms with Crippen molar-refractivity contribution in [1.82, 2.24) is 15.5 Å². The Hall–Kier alpha value is -2.44. The van der Waals surface area contributed by atoms with E-state index in [0.29, 0.717) is 13.2 Å². The third kappa shape index (κ3) is 6.04. The van der Waals surface area contributed by atoms with Crippen LogP contribution in [0.3, 0.4) is 0 Å². The highest BCUT2D eigenvalue weighted by molar-refractivity contribution is 5.85. The molecule has 1 aromatic rings. The molecule has 2 N–H and O–H groups in total. The van der Waals surface area contributed by atoms with Crippen LogP contribution in [0.25, 0.3) is 0 Å². The number of hydrogen-bond donors (Lipinski definition) is 2. The van der Waals surface area contributed by atoms with Crippen molar-refractivity contribution in [2.45, 2.75) is 32.1 Å². The average Bonchev–Trinajstić information content (AvgIpc) is 3.19. The number of methoxy groups -OCH3 is 1. The standard InChI is InChI=1S/C21H34N4O3/c1-22-20(24-16-21(12-5-6-13-21)19(26)25(2)3)23-14-7-15-28-18-10-8-17(27-4)9-11-18/h8-11H,5-7,12-16H2,1-4H3,(H2,22,23,24). The molecule has 0 aromatic heterocycles. The molecular formula is C21H34N4O3. The van der Waals surface area contributed by atoms with Gasteiger partial charge in [0.2, 0.25) is 5.91 Å². The number of benzene rings is 1. The average molecular weight is 391 g/mol. The Balaban J connectivity index is 1.71. The van der Waals surface area contributed by atoms with Gasteiger partial charge in [-0.25, -0.2) is 0 Å². The van der Waals surface area contributed by atoms with Crippen molar-refractivity contribution < 1.29 is 14.3 Å². The Morgan fingerprint density at radius 1 is 1.14 bits per heavy atom. The number of aliphatic imine (C=N–C) groups is 1. The smallest absolute Gasteiger partial charge is 0.230 e. The first kappa shape index (κ1) is 21.9. The molecule has 1 saturated carbocycles. The van der Waals surface area contributed by atoms with Gasteiger partial charge in [-0.1, -0.05) is 12.8 Å². The fraction of sp³-hybridized carbons (Fsp3) is 0.619. The van der Waals surface area contributed by atoms with Crippen LogP contribution in [-0.2, 0) is 4.79 Å². The van der Waals surface area contributed by atoms with Gasteiger partial charge < -0.3 is 25.0 Å². The third-order valence-electron chi connectivity index (χ3n) is 5.18. The molecule has 1 aliphatic carbocycles. The number of ether oxygens (including phenoxy) is 2. The lowest BCUT2D eigenvalue weighted by molar-refractivity contribution is -0.138. The van der Waals surface area contributed by atoms with Crippen LogP contribution in [0.1, 0.15) is 32.1 Å². The monoisotopic (exact) mass is 390 g/mol. The highest BCUT2D eigenvalue weighted by Gasteiger charge is 2.42. The first-order chi connectivity index (χ1) is 13.5. The summed E-state index contributed by atoms with van der Waals surface area (Å²) in [7, 11) is 7.06. The molecule has 0 unspecified atom stereocenters. The second kappa shape index (κ2) is 10.8. The van der Waals surface area contributed by atoms with Crippen LogP contribution < -0.4 is 20.1 Å². The fourth-order valence-electron chi connectivity index (χ4n) is 3.61. The summed E-state index contributed by atoms with van der Waals surface area (Å²) in [6.07, 6.45) is 4.92. The first-order valence-corrected chi connectivity index (χ1v) is 9.94. The van der Waals surface area contributed by atoms with Crippen LogP contribution in [0.4, 0.5) is 0 Å². The van der Waals surface area contributed by atoms with Crippen molar-refractivity contribution in [1.29, 1.82) is 0 Å². The van der Waals surface area contributed by atoms with Gasteiger partial charge in [-0.15, -0.1) is 0 Å². The molecule has 7 heteroatoms. The topological polar surface area (TPSA) is 75.2 Å². The molecular weight excluding hydrogens is 356 g/mol. The summed E-state index contributed by atoms with van der Waals surface area (Å²) in [4.78, 5) is 18.6. The molecule has 1 fully saturated rings. The minimum atomic E-state index is -0.307. The minimum Gasteiger partial charge on any atom is -0.497 e. The van der Waals surface area contributed by atoms with Crippen molar-refractivity contribution in [3.05, 3.63) is 24.3 Å². The van der Waals surface area contributed by atoms with Crippen molar-refractivity contribution in [3.63, 3.8) is 0 Å². The first-order valence-electron chi connectivity index (χ1n) is 9.94. The van der Waals surface area contributed by atoms with Crippen LogP contribution in [-0.4, -0.2) is 64.7 Å². The van der Waals surface area contributed by atoms with Gasteiger partial charge in [0.15, 0.2) is 5.96 Å². The van der Waals surface area contributed by atoms with Gasteiger partial charge in [0, 0.05) is 34.2 Å². The lowest BCUT2D eigenvalue weighted by atomic mass is 9.84. The summed E-state index contributed by atoms with van der Waals surface area (Å²) in [5, 5.41) is 6.64. The normalized spacial score (nSPS) is 15.8. The van der Waals surface area contributed by atoms with Crippen molar-refractivity contribution in [2.75, 3.05) is 47.9 Å². The lowest BCUT2D eigenvalue weighted by Gasteiger charge is -2.31. The summed E-state index contributed by atoms with van der Waals surface area (Å²) >= 11 is 0. The van der Waals surface area contributed by atoms with Crippen LogP contribution >= 0.6 is 0 Å². The zero-order valence-electron chi connectivity index (χ0n) is 17.6. The Morgan fingerprint density at radius 2 is 1.79 bits per heavy atom. The summed E-state index contributed by atoms with van der Waals surface area (Å²) in [6.45, 7) is 1.97. The van der Waals surface area contributed by atoms with E-state index in [1.807, 2.05) is 38.4 Å². The Kier molecular flexibility index (Phi) is 8.42. The van der Waals surface area contributed by atoms with Gasteiger partial charge in [-0.3, -0.25) is 9.79 Å². The summed E-state index contributed by atoms with van der Waals surface area (Å²) in [5.74, 6) is 2.58. The second-order valence-electron chi connectivity index (χ2n) is 7.42. The SMILES string of the molecule is CN=C(NCCCOc1ccc(OC)cc1)NCC1(C(=O)N(C)C)CCCC1. The highest BCUT2D eigenvalue weighted by atomic mass is 16.5. The molecule has 28 heavy (non-hydrogen) atoms. The number of nitrogens with zero attached hydrogens (tertiary/aromatic N) is 2. The lowest BCUT2D eigenvalue weighted by Crippen LogP contribution is -2.49. The number of carbonyl (C=O) groups excluding carboxylic acids is 1. The van der Waals surface area contributed by atoms with Crippen molar-refractivity contribution >= 4 is 11.9 Å². The maximum Gasteiger partial charge on any atom is 0.230 e. The minimum absolute atomic E-state index is 0.209. The maximum atomic E-state index is 12.6. The van der Waals surface area contributed by atoms with E-state index in [9.17, 15) is 4.79 Å². The number of nitrogens with one attached hydrogen (secondary N) is 2. The van der Waals surface area contributed by atoms with Crippen LogP contribution in [0.2, 0.25) is 0 Å². The van der Waals surface area contributed by atoms with Crippen molar-refractivity contribution in [2.24, 2.45) is 10.4 Å². The van der Waals surface area contributed by atoms with E-state index in [4.69, 9.17) is 9.47 Å². The van der Waals surface area contributed by atoms with Crippen molar-refractivity contribution in [3.8, 4) is 11.5 Å².